The summed E-state index contributed by atoms with van der Waals surface area (Å²) in [5.41, 5.74) is 1.70. The zero-order valence-corrected chi connectivity index (χ0v) is 17.9. The molecule has 0 aliphatic carbocycles. The molecule has 3 aromatic rings. The van der Waals surface area contributed by atoms with E-state index in [2.05, 4.69) is 10.6 Å². The maximum absolute atomic E-state index is 13.9. The van der Waals surface area contributed by atoms with Crippen molar-refractivity contribution >= 4 is 23.2 Å². The molecule has 8 heteroatoms. The fourth-order valence-corrected chi connectivity index (χ4v) is 3.08. The van der Waals surface area contributed by atoms with E-state index >= 15 is 0 Å². The summed E-state index contributed by atoms with van der Waals surface area (Å²) in [6, 6.07) is 16.2. The molecular formula is C24H23FN2O5. The van der Waals surface area contributed by atoms with Crippen molar-refractivity contribution in [2.45, 2.75) is 6.42 Å². The summed E-state index contributed by atoms with van der Waals surface area (Å²) in [4.78, 5) is 25.0. The number of carbonyl (C=O) groups excluding carboxylic acids is 2. The number of anilines is 2. The van der Waals surface area contributed by atoms with Gasteiger partial charge in [0.05, 0.1) is 39.1 Å². The van der Waals surface area contributed by atoms with E-state index in [-0.39, 0.29) is 24.0 Å². The predicted octanol–water partition coefficient (Wildman–Crippen LogP) is 4.29. The molecule has 0 saturated carbocycles. The number of methoxy groups -OCH3 is 3. The van der Waals surface area contributed by atoms with Crippen molar-refractivity contribution in [2.24, 2.45) is 0 Å². The minimum Gasteiger partial charge on any atom is -0.494 e. The zero-order chi connectivity index (χ0) is 23.1. The van der Waals surface area contributed by atoms with Gasteiger partial charge in [0.25, 0.3) is 5.91 Å². The number of hydrogen-bond acceptors (Lipinski definition) is 5. The molecule has 32 heavy (non-hydrogen) atoms. The van der Waals surface area contributed by atoms with Gasteiger partial charge in [-0.25, -0.2) is 4.39 Å². The first-order chi connectivity index (χ1) is 15.4. The Morgan fingerprint density at radius 3 is 1.94 bits per heavy atom. The molecule has 166 valence electrons. The van der Waals surface area contributed by atoms with Gasteiger partial charge in [-0.05, 0) is 29.8 Å². The largest absolute Gasteiger partial charge is 0.494 e. The van der Waals surface area contributed by atoms with Crippen molar-refractivity contribution in [1.82, 2.24) is 0 Å². The van der Waals surface area contributed by atoms with Gasteiger partial charge in [-0.15, -0.1) is 0 Å². The van der Waals surface area contributed by atoms with Gasteiger partial charge in [-0.1, -0.05) is 24.3 Å². The minimum absolute atomic E-state index is 0.0567. The number of benzene rings is 3. The standard InChI is InChI=1S/C24H23FN2O5/c1-30-20-10-9-15(11-17(20)25)12-23(28)26-18-13-22(32-3)19(14-21(18)31-2)27-24(29)16-7-5-4-6-8-16/h4-11,13-14H,12H2,1-3H3,(H,26,28)(H,27,29). The lowest BCUT2D eigenvalue weighted by Crippen LogP contribution is -2.16. The van der Waals surface area contributed by atoms with Crippen LogP contribution in [0.15, 0.2) is 60.7 Å². The number of nitrogens with one attached hydrogen (secondary N) is 2. The molecule has 0 radical (unpaired) electrons. The number of hydrogen-bond donors (Lipinski definition) is 2. The summed E-state index contributed by atoms with van der Waals surface area (Å²) >= 11 is 0. The molecule has 0 fully saturated rings. The van der Waals surface area contributed by atoms with Crippen molar-refractivity contribution in [3.8, 4) is 17.2 Å². The van der Waals surface area contributed by atoms with Gasteiger partial charge in [-0.3, -0.25) is 9.59 Å². The van der Waals surface area contributed by atoms with E-state index in [9.17, 15) is 14.0 Å². The molecule has 0 saturated heterocycles. The van der Waals surface area contributed by atoms with E-state index in [1.54, 1.807) is 42.5 Å². The molecule has 2 amide bonds. The molecule has 0 bridgehead atoms. The van der Waals surface area contributed by atoms with Crippen LogP contribution in [-0.2, 0) is 11.2 Å². The first-order valence-corrected chi connectivity index (χ1v) is 9.69. The third kappa shape index (κ3) is 5.34. The highest BCUT2D eigenvalue weighted by atomic mass is 19.1. The Morgan fingerprint density at radius 1 is 0.781 bits per heavy atom. The second-order valence-electron chi connectivity index (χ2n) is 6.77. The monoisotopic (exact) mass is 438 g/mol. The van der Waals surface area contributed by atoms with Gasteiger partial charge in [0.1, 0.15) is 11.5 Å². The molecule has 0 aromatic heterocycles. The second kappa shape index (κ2) is 10.3. The third-order valence-corrected chi connectivity index (χ3v) is 4.66. The lowest BCUT2D eigenvalue weighted by atomic mass is 10.1. The van der Waals surface area contributed by atoms with E-state index in [4.69, 9.17) is 14.2 Å². The van der Waals surface area contributed by atoms with Gasteiger partial charge in [0.2, 0.25) is 5.91 Å². The number of amides is 2. The Balaban J connectivity index is 1.78. The Hall–Kier alpha value is -4.07. The maximum Gasteiger partial charge on any atom is 0.255 e. The van der Waals surface area contributed by atoms with Gasteiger partial charge >= 0.3 is 0 Å². The van der Waals surface area contributed by atoms with Crippen LogP contribution >= 0.6 is 0 Å². The van der Waals surface area contributed by atoms with Crippen molar-refractivity contribution in [3.63, 3.8) is 0 Å². The Bertz CT molecular complexity index is 1120. The fourth-order valence-electron chi connectivity index (χ4n) is 3.08. The van der Waals surface area contributed by atoms with Crippen LogP contribution in [0.5, 0.6) is 17.2 Å². The summed E-state index contributed by atoms with van der Waals surface area (Å²) in [7, 11) is 4.27. The second-order valence-corrected chi connectivity index (χ2v) is 6.77. The molecule has 0 aliphatic heterocycles. The smallest absolute Gasteiger partial charge is 0.255 e. The van der Waals surface area contributed by atoms with Crippen LogP contribution in [0.2, 0.25) is 0 Å². The van der Waals surface area contributed by atoms with Crippen molar-refractivity contribution in [2.75, 3.05) is 32.0 Å². The Morgan fingerprint density at radius 2 is 1.38 bits per heavy atom. The SMILES string of the molecule is COc1ccc(CC(=O)Nc2cc(OC)c(NC(=O)c3ccccc3)cc2OC)cc1F. The minimum atomic E-state index is -0.546. The molecule has 0 aliphatic rings. The van der Waals surface area contributed by atoms with Crippen molar-refractivity contribution < 1.29 is 28.2 Å². The van der Waals surface area contributed by atoms with Crippen LogP contribution in [0.4, 0.5) is 15.8 Å². The van der Waals surface area contributed by atoms with E-state index < -0.39 is 5.82 Å². The molecule has 0 unspecified atom stereocenters. The zero-order valence-electron chi connectivity index (χ0n) is 17.9. The Labute approximate surface area is 185 Å². The highest BCUT2D eigenvalue weighted by Crippen LogP contribution is 2.36. The lowest BCUT2D eigenvalue weighted by molar-refractivity contribution is -0.115. The molecule has 7 nitrogen and oxygen atoms in total. The van der Waals surface area contributed by atoms with E-state index in [0.29, 0.717) is 34.0 Å². The van der Waals surface area contributed by atoms with Crippen molar-refractivity contribution in [1.29, 1.82) is 0 Å². The predicted molar refractivity (Wildman–Crippen MR) is 119 cm³/mol. The number of carbonyl (C=O) groups is 2. The number of rotatable bonds is 8. The summed E-state index contributed by atoms with van der Waals surface area (Å²) < 4.78 is 29.5. The molecule has 0 atom stereocenters. The van der Waals surface area contributed by atoms with Crippen LogP contribution in [0.3, 0.4) is 0 Å². The normalized spacial score (nSPS) is 10.2. The van der Waals surface area contributed by atoms with Crippen LogP contribution in [0.25, 0.3) is 0 Å². The van der Waals surface area contributed by atoms with E-state index in [1.807, 2.05) is 6.07 Å². The van der Waals surface area contributed by atoms with Gasteiger partial charge in [0.15, 0.2) is 11.6 Å². The first-order valence-electron chi connectivity index (χ1n) is 9.69. The third-order valence-electron chi connectivity index (χ3n) is 4.66. The fraction of sp³-hybridized carbons (Fsp3) is 0.167. The van der Waals surface area contributed by atoms with Gasteiger partial charge in [0, 0.05) is 17.7 Å². The lowest BCUT2D eigenvalue weighted by Gasteiger charge is -2.16. The topological polar surface area (TPSA) is 85.9 Å². The van der Waals surface area contributed by atoms with Gasteiger partial charge < -0.3 is 24.8 Å². The van der Waals surface area contributed by atoms with Gasteiger partial charge in [-0.2, -0.15) is 0 Å². The summed E-state index contributed by atoms with van der Waals surface area (Å²) in [5.74, 6) is -0.478. The molecular weight excluding hydrogens is 415 g/mol. The molecule has 3 aromatic carbocycles. The summed E-state index contributed by atoms with van der Waals surface area (Å²) in [6.07, 6.45) is -0.0567. The molecule has 0 heterocycles. The maximum atomic E-state index is 13.9. The van der Waals surface area contributed by atoms with Crippen LogP contribution in [-0.4, -0.2) is 33.1 Å². The van der Waals surface area contributed by atoms with Crippen molar-refractivity contribution in [3.05, 3.63) is 77.6 Å². The van der Waals surface area contributed by atoms with Crippen LogP contribution in [0.1, 0.15) is 15.9 Å². The summed E-state index contributed by atoms with van der Waals surface area (Å²) in [6.45, 7) is 0. The number of ether oxygens (including phenoxy) is 3. The highest BCUT2D eigenvalue weighted by molar-refractivity contribution is 6.05. The van der Waals surface area contributed by atoms with E-state index in [1.165, 1.54) is 33.5 Å². The molecule has 0 spiro atoms. The average molecular weight is 438 g/mol. The van der Waals surface area contributed by atoms with Crippen LogP contribution in [0, 0.1) is 5.82 Å². The molecule has 3 rings (SSSR count). The highest BCUT2D eigenvalue weighted by Gasteiger charge is 2.17. The van der Waals surface area contributed by atoms with Crippen LogP contribution < -0.4 is 24.8 Å². The van der Waals surface area contributed by atoms with E-state index in [0.717, 1.165) is 0 Å². The molecule has 2 N–H and O–H groups in total. The Kier molecular flexibility index (Phi) is 7.28. The summed E-state index contributed by atoms with van der Waals surface area (Å²) in [5, 5.41) is 5.51. The average Bonchev–Trinajstić information content (AvgIpc) is 2.80. The quantitative estimate of drug-likeness (QED) is 0.548. The first kappa shape index (κ1) is 22.6. The number of halogens is 1.